The van der Waals surface area contributed by atoms with E-state index in [0.29, 0.717) is 12.0 Å². The van der Waals surface area contributed by atoms with E-state index >= 15 is 0 Å². The van der Waals surface area contributed by atoms with Gasteiger partial charge in [-0.2, -0.15) is 0 Å². The second kappa shape index (κ2) is 8.33. The Morgan fingerprint density at radius 1 is 1.40 bits per heavy atom. The summed E-state index contributed by atoms with van der Waals surface area (Å²) in [6.45, 7) is 7.21. The van der Waals surface area contributed by atoms with Crippen LogP contribution in [-0.4, -0.2) is 19.7 Å². The Balaban J connectivity index is 0.00000200. The van der Waals surface area contributed by atoms with E-state index in [1.165, 1.54) is 17.5 Å². The van der Waals surface area contributed by atoms with Crippen LogP contribution in [0.3, 0.4) is 0 Å². The molecule has 0 aliphatic heterocycles. The zero-order valence-electron chi connectivity index (χ0n) is 12.5. The van der Waals surface area contributed by atoms with E-state index in [2.05, 4.69) is 43.1 Å². The lowest BCUT2D eigenvalue weighted by Crippen LogP contribution is -2.42. The second-order valence-corrected chi connectivity index (χ2v) is 5.35. The van der Waals surface area contributed by atoms with Gasteiger partial charge in [-0.15, -0.1) is 19.0 Å². The van der Waals surface area contributed by atoms with Crippen LogP contribution in [0.2, 0.25) is 0 Å². The van der Waals surface area contributed by atoms with Crippen molar-refractivity contribution in [2.75, 3.05) is 13.7 Å². The van der Waals surface area contributed by atoms with Crippen molar-refractivity contribution in [1.82, 2.24) is 5.32 Å². The van der Waals surface area contributed by atoms with Gasteiger partial charge in [0.05, 0.1) is 7.11 Å². The van der Waals surface area contributed by atoms with Crippen LogP contribution < -0.4 is 10.1 Å². The third kappa shape index (κ3) is 3.77. The maximum absolute atomic E-state index is 5.51. The molecule has 1 aromatic rings. The van der Waals surface area contributed by atoms with E-state index in [1.54, 1.807) is 7.11 Å². The number of benzene rings is 1. The number of allylic oxidation sites excluding steroid dienone is 1. The number of methoxy groups -OCH3 is 1. The molecule has 2 nitrogen and oxygen atoms in total. The number of hydrogen-bond acceptors (Lipinski definition) is 2. The molecule has 1 aliphatic carbocycles. The Morgan fingerprint density at radius 2 is 2.20 bits per heavy atom. The summed E-state index contributed by atoms with van der Waals surface area (Å²) < 4.78 is 5.51. The lowest BCUT2D eigenvalue weighted by molar-refractivity contribution is 0.323. The summed E-state index contributed by atoms with van der Waals surface area (Å²) in [5.74, 6) is 1.70. The Morgan fingerprint density at radius 3 is 2.85 bits per heavy atom. The van der Waals surface area contributed by atoms with Crippen LogP contribution in [0.5, 0.6) is 5.75 Å². The van der Waals surface area contributed by atoms with Crippen LogP contribution in [0.15, 0.2) is 30.9 Å². The molecule has 0 radical (unpaired) electrons. The third-order valence-corrected chi connectivity index (χ3v) is 4.05. The average molecular weight is 296 g/mol. The molecule has 0 fully saturated rings. The lowest BCUT2D eigenvalue weighted by Gasteiger charge is -2.34. The first kappa shape index (κ1) is 17.1. The molecule has 1 N–H and O–H groups in total. The highest BCUT2D eigenvalue weighted by Crippen LogP contribution is 2.33. The fourth-order valence-electron chi connectivity index (χ4n) is 3.07. The highest BCUT2D eigenvalue weighted by atomic mass is 35.5. The maximum atomic E-state index is 5.51. The molecule has 0 saturated carbocycles. The number of nitrogens with one attached hydrogen (secondary N) is 1. The van der Waals surface area contributed by atoms with Gasteiger partial charge in [-0.05, 0) is 55.3 Å². The van der Waals surface area contributed by atoms with Crippen molar-refractivity contribution in [3.63, 3.8) is 0 Å². The van der Waals surface area contributed by atoms with Crippen molar-refractivity contribution in [3.05, 3.63) is 42.0 Å². The molecule has 2 rings (SSSR count). The van der Waals surface area contributed by atoms with Gasteiger partial charge in [-0.25, -0.2) is 0 Å². The molecule has 0 spiro atoms. The smallest absolute Gasteiger partial charge is 0.122 e. The number of hydrogen-bond donors (Lipinski definition) is 1. The minimum atomic E-state index is 0. The summed E-state index contributed by atoms with van der Waals surface area (Å²) in [5, 5.41) is 3.70. The van der Waals surface area contributed by atoms with Gasteiger partial charge in [0.1, 0.15) is 5.75 Å². The average Bonchev–Trinajstić information content (AvgIpc) is 2.44. The monoisotopic (exact) mass is 295 g/mol. The van der Waals surface area contributed by atoms with Crippen molar-refractivity contribution < 1.29 is 4.74 Å². The van der Waals surface area contributed by atoms with Gasteiger partial charge < -0.3 is 10.1 Å². The summed E-state index contributed by atoms with van der Waals surface area (Å²) in [7, 11) is 1.76. The largest absolute Gasteiger partial charge is 0.496 e. The number of halogens is 1. The van der Waals surface area contributed by atoms with Gasteiger partial charge in [0.25, 0.3) is 0 Å². The molecule has 0 aromatic heterocycles. The molecule has 0 bridgehead atoms. The van der Waals surface area contributed by atoms with Crippen LogP contribution in [0.25, 0.3) is 0 Å². The van der Waals surface area contributed by atoms with Crippen molar-refractivity contribution in [3.8, 4) is 5.75 Å². The first-order valence-corrected chi connectivity index (χ1v) is 7.29. The number of ether oxygens (including phenoxy) is 1. The SMILES string of the molecule is C=CC[C@H]1Cc2cccc(OC)c2C[C@@H]1NCCC.Cl. The molecule has 2 atom stereocenters. The predicted octanol–water partition coefficient (Wildman–Crippen LogP) is 3.78. The molecular formula is C17H26ClNO. The Kier molecular flexibility index (Phi) is 7.11. The van der Waals surface area contributed by atoms with Crippen LogP contribution >= 0.6 is 12.4 Å². The summed E-state index contributed by atoms with van der Waals surface area (Å²) in [6.07, 6.45) is 6.50. The molecule has 0 amide bonds. The zero-order valence-corrected chi connectivity index (χ0v) is 13.3. The molecule has 0 unspecified atom stereocenters. The van der Waals surface area contributed by atoms with E-state index in [0.717, 1.165) is 31.6 Å². The molecule has 20 heavy (non-hydrogen) atoms. The summed E-state index contributed by atoms with van der Waals surface area (Å²) in [4.78, 5) is 0. The van der Waals surface area contributed by atoms with E-state index in [1.807, 2.05) is 0 Å². The lowest BCUT2D eigenvalue weighted by atomic mass is 9.78. The predicted molar refractivity (Wildman–Crippen MR) is 88.0 cm³/mol. The standard InChI is InChI=1S/C17H25NO.ClH/c1-4-7-14-11-13-8-6-9-17(19-3)15(13)12-16(14)18-10-5-2;/h4,6,8-9,14,16,18H,1,5,7,10-12H2,2-3H3;1H/t14-,16-;/m0./s1. The normalized spacial score (nSPS) is 20.7. The quantitative estimate of drug-likeness (QED) is 0.807. The summed E-state index contributed by atoms with van der Waals surface area (Å²) in [5.41, 5.74) is 2.83. The van der Waals surface area contributed by atoms with Crippen LogP contribution in [0.4, 0.5) is 0 Å². The fourth-order valence-corrected chi connectivity index (χ4v) is 3.07. The van der Waals surface area contributed by atoms with Gasteiger partial charge in [-0.3, -0.25) is 0 Å². The van der Waals surface area contributed by atoms with Gasteiger partial charge in [-0.1, -0.05) is 25.1 Å². The first-order chi connectivity index (χ1) is 9.30. The van der Waals surface area contributed by atoms with Crippen molar-refractivity contribution in [2.24, 2.45) is 5.92 Å². The Bertz CT molecular complexity index is 433. The highest BCUT2D eigenvalue weighted by Gasteiger charge is 2.28. The number of rotatable bonds is 6. The van der Waals surface area contributed by atoms with Crippen LogP contribution in [0, 0.1) is 5.92 Å². The fraction of sp³-hybridized carbons (Fsp3) is 0.529. The molecule has 1 aliphatic rings. The molecule has 0 heterocycles. The number of fused-ring (bicyclic) bond motifs is 1. The highest BCUT2D eigenvalue weighted by molar-refractivity contribution is 5.85. The van der Waals surface area contributed by atoms with E-state index in [9.17, 15) is 0 Å². The maximum Gasteiger partial charge on any atom is 0.122 e. The van der Waals surface area contributed by atoms with E-state index in [-0.39, 0.29) is 12.4 Å². The van der Waals surface area contributed by atoms with Gasteiger partial charge in [0.2, 0.25) is 0 Å². The Hall–Kier alpha value is -0.990. The first-order valence-electron chi connectivity index (χ1n) is 7.29. The molecule has 0 saturated heterocycles. The minimum Gasteiger partial charge on any atom is -0.496 e. The minimum absolute atomic E-state index is 0. The topological polar surface area (TPSA) is 21.3 Å². The molecule has 1 aromatic carbocycles. The van der Waals surface area contributed by atoms with Gasteiger partial charge in [0, 0.05) is 6.04 Å². The van der Waals surface area contributed by atoms with E-state index in [4.69, 9.17) is 4.74 Å². The van der Waals surface area contributed by atoms with Crippen molar-refractivity contribution >= 4 is 12.4 Å². The molecule has 112 valence electrons. The molecular weight excluding hydrogens is 270 g/mol. The van der Waals surface area contributed by atoms with Gasteiger partial charge in [0.15, 0.2) is 0 Å². The molecule has 3 heteroatoms. The van der Waals surface area contributed by atoms with E-state index < -0.39 is 0 Å². The van der Waals surface area contributed by atoms with Crippen LogP contribution in [-0.2, 0) is 12.8 Å². The van der Waals surface area contributed by atoms with Crippen LogP contribution in [0.1, 0.15) is 30.9 Å². The third-order valence-electron chi connectivity index (χ3n) is 4.05. The second-order valence-electron chi connectivity index (χ2n) is 5.35. The summed E-state index contributed by atoms with van der Waals surface area (Å²) >= 11 is 0. The van der Waals surface area contributed by atoms with Crippen molar-refractivity contribution in [1.29, 1.82) is 0 Å². The zero-order chi connectivity index (χ0) is 13.7. The van der Waals surface area contributed by atoms with Gasteiger partial charge >= 0.3 is 0 Å². The summed E-state index contributed by atoms with van der Waals surface area (Å²) in [6, 6.07) is 6.96. The Labute approximate surface area is 129 Å². The van der Waals surface area contributed by atoms with Crippen molar-refractivity contribution in [2.45, 2.75) is 38.6 Å².